The van der Waals surface area contributed by atoms with Gasteiger partial charge in [0.05, 0.1) is 10.8 Å². The number of carbonyl (C=O) groups is 2. The van der Waals surface area contributed by atoms with E-state index in [-0.39, 0.29) is 35.2 Å². The van der Waals surface area contributed by atoms with Crippen molar-refractivity contribution in [3.05, 3.63) is 59.7 Å². The van der Waals surface area contributed by atoms with Crippen LogP contribution in [0, 0.1) is 5.92 Å². The van der Waals surface area contributed by atoms with Crippen LogP contribution in [-0.4, -0.2) is 43.7 Å². The van der Waals surface area contributed by atoms with Crippen molar-refractivity contribution in [2.24, 2.45) is 5.92 Å². The average molecular weight is 456 g/mol. The summed E-state index contributed by atoms with van der Waals surface area (Å²) in [4.78, 5) is 26.6. The summed E-state index contributed by atoms with van der Waals surface area (Å²) in [7, 11) is -3.72. The molecule has 0 saturated carbocycles. The maximum atomic E-state index is 13.3. The topological polar surface area (TPSA) is 86.8 Å². The molecule has 1 N–H and O–H groups in total. The van der Waals surface area contributed by atoms with Gasteiger partial charge < -0.3 is 10.2 Å². The molecule has 7 nitrogen and oxygen atoms in total. The smallest absolute Gasteiger partial charge is 0.243 e. The Hall–Kier alpha value is -2.71. The number of rotatable bonds is 5. The number of fused-ring (bicyclic) bond motifs is 1. The number of amides is 2. The highest BCUT2D eigenvalue weighted by atomic mass is 32.2. The van der Waals surface area contributed by atoms with Gasteiger partial charge >= 0.3 is 0 Å². The molecule has 170 valence electrons. The van der Waals surface area contributed by atoms with Crippen LogP contribution in [0.15, 0.2) is 53.4 Å². The second-order valence-corrected chi connectivity index (χ2v) is 10.6. The van der Waals surface area contributed by atoms with E-state index < -0.39 is 10.0 Å². The second kappa shape index (κ2) is 9.03. The normalized spacial score (nSPS) is 21.2. The molecule has 0 radical (unpaired) electrons. The fraction of sp³-hybridized carbons (Fsp3) is 0.417. The lowest BCUT2D eigenvalue weighted by Gasteiger charge is -2.31. The minimum Gasteiger partial charge on any atom is -0.352 e. The Morgan fingerprint density at radius 2 is 1.88 bits per heavy atom. The first-order valence-electron chi connectivity index (χ1n) is 11.0. The fourth-order valence-electron chi connectivity index (χ4n) is 4.70. The number of nitrogens with one attached hydrogen (secondary N) is 1. The molecule has 2 aliphatic rings. The van der Waals surface area contributed by atoms with Crippen LogP contribution in [0.4, 0.5) is 5.69 Å². The van der Waals surface area contributed by atoms with Gasteiger partial charge in [0, 0.05) is 38.3 Å². The lowest BCUT2D eigenvalue weighted by Crippen LogP contribution is -2.45. The van der Waals surface area contributed by atoms with Gasteiger partial charge in [0.25, 0.3) is 0 Å². The van der Waals surface area contributed by atoms with Crippen LogP contribution in [-0.2, 0) is 32.6 Å². The largest absolute Gasteiger partial charge is 0.352 e. The monoisotopic (exact) mass is 455 g/mol. The molecule has 0 bridgehead atoms. The lowest BCUT2D eigenvalue weighted by molar-refractivity contribution is -0.126. The number of carbonyl (C=O) groups excluding carboxylic acids is 2. The SMILES string of the molecule is CC(=O)N1c2ccc(S(=O)(=O)N3CCC[C@@H](C(=O)NCc4ccccc4)C3)cc2C[C@@H]1C. The number of sulfonamides is 1. The van der Waals surface area contributed by atoms with Crippen molar-refractivity contribution in [2.45, 2.75) is 50.6 Å². The van der Waals surface area contributed by atoms with Crippen LogP contribution < -0.4 is 10.2 Å². The van der Waals surface area contributed by atoms with Crippen molar-refractivity contribution in [1.29, 1.82) is 0 Å². The Morgan fingerprint density at radius 3 is 2.59 bits per heavy atom. The van der Waals surface area contributed by atoms with Crippen LogP contribution in [0.3, 0.4) is 0 Å². The van der Waals surface area contributed by atoms with E-state index in [0.717, 1.165) is 16.8 Å². The number of benzene rings is 2. The van der Waals surface area contributed by atoms with E-state index >= 15 is 0 Å². The molecule has 2 atom stereocenters. The predicted octanol–water partition coefficient (Wildman–Crippen LogP) is 2.70. The molecule has 1 saturated heterocycles. The number of hydrogen-bond donors (Lipinski definition) is 1. The first-order chi connectivity index (χ1) is 15.3. The number of hydrogen-bond acceptors (Lipinski definition) is 4. The lowest BCUT2D eigenvalue weighted by atomic mass is 9.99. The van der Waals surface area contributed by atoms with Gasteiger partial charge in [-0.2, -0.15) is 4.31 Å². The number of piperidine rings is 1. The van der Waals surface area contributed by atoms with E-state index in [1.165, 1.54) is 11.2 Å². The highest BCUT2D eigenvalue weighted by Gasteiger charge is 2.35. The molecule has 1 fully saturated rings. The first kappa shape index (κ1) is 22.5. The third-order valence-corrected chi connectivity index (χ3v) is 8.17. The summed E-state index contributed by atoms with van der Waals surface area (Å²) in [6, 6.07) is 14.6. The van der Waals surface area contributed by atoms with Gasteiger partial charge in [-0.25, -0.2) is 8.42 Å². The van der Waals surface area contributed by atoms with Crippen LogP contribution in [0.5, 0.6) is 0 Å². The summed E-state index contributed by atoms with van der Waals surface area (Å²) in [6.07, 6.45) is 1.94. The Morgan fingerprint density at radius 1 is 1.12 bits per heavy atom. The minimum atomic E-state index is -3.72. The summed E-state index contributed by atoms with van der Waals surface area (Å²) in [6.45, 7) is 4.48. The zero-order valence-corrected chi connectivity index (χ0v) is 19.3. The minimum absolute atomic E-state index is 0.00753. The zero-order valence-electron chi connectivity index (χ0n) is 18.5. The molecule has 0 spiro atoms. The van der Waals surface area contributed by atoms with E-state index in [1.807, 2.05) is 37.3 Å². The second-order valence-electron chi connectivity index (χ2n) is 8.64. The molecule has 8 heteroatoms. The first-order valence-corrected chi connectivity index (χ1v) is 12.5. The number of nitrogens with zero attached hydrogens (tertiary/aromatic N) is 2. The quantitative estimate of drug-likeness (QED) is 0.751. The van der Waals surface area contributed by atoms with Gasteiger partial charge in [0.2, 0.25) is 21.8 Å². The molecule has 2 aromatic carbocycles. The molecule has 0 unspecified atom stereocenters. The highest BCUT2D eigenvalue weighted by Crippen LogP contribution is 2.35. The summed E-state index contributed by atoms with van der Waals surface area (Å²) < 4.78 is 28.1. The summed E-state index contributed by atoms with van der Waals surface area (Å²) in [5.74, 6) is -0.536. The Bertz CT molecular complexity index is 1120. The van der Waals surface area contributed by atoms with Gasteiger partial charge in [-0.05, 0) is 55.5 Å². The molecule has 2 aromatic rings. The Labute approximate surface area is 189 Å². The number of anilines is 1. The maximum absolute atomic E-state index is 13.3. The van der Waals surface area contributed by atoms with Gasteiger partial charge in [-0.3, -0.25) is 9.59 Å². The van der Waals surface area contributed by atoms with Gasteiger partial charge in [-0.15, -0.1) is 0 Å². The third kappa shape index (κ3) is 4.42. The van der Waals surface area contributed by atoms with E-state index in [4.69, 9.17) is 0 Å². The van der Waals surface area contributed by atoms with Crippen LogP contribution in [0.25, 0.3) is 0 Å². The standard InChI is InChI=1S/C24H29N3O4S/c1-17-13-21-14-22(10-11-23(21)27(17)18(2)28)32(30,31)26-12-6-9-20(16-26)24(29)25-15-19-7-4-3-5-8-19/h3-5,7-8,10-11,14,17,20H,6,9,12-13,15-16H2,1-2H3,(H,25,29)/t17-,20+/m0/s1. The molecule has 32 heavy (non-hydrogen) atoms. The van der Waals surface area contributed by atoms with E-state index in [9.17, 15) is 18.0 Å². The van der Waals surface area contributed by atoms with E-state index in [2.05, 4.69) is 5.32 Å². The summed E-state index contributed by atoms with van der Waals surface area (Å²) >= 11 is 0. The molecule has 0 aliphatic carbocycles. The van der Waals surface area contributed by atoms with E-state index in [1.54, 1.807) is 23.1 Å². The van der Waals surface area contributed by atoms with Crippen molar-refractivity contribution in [3.8, 4) is 0 Å². The van der Waals surface area contributed by atoms with Crippen LogP contribution in [0.2, 0.25) is 0 Å². The van der Waals surface area contributed by atoms with Gasteiger partial charge in [-0.1, -0.05) is 30.3 Å². The van der Waals surface area contributed by atoms with Crippen molar-refractivity contribution < 1.29 is 18.0 Å². The highest BCUT2D eigenvalue weighted by molar-refractivity contribution is 7.89. The van der Waals surface area contributed by atoms with Crippen molar-refractivity contribution in [2.75, 3.05) is 18.0 Å². The van der Waals surface area contributed by atoms with Crippen molar-refractivity contribution in [3.63, 3.8) is 0 Å². The summed E-state index contributed by atoms with van der Waals surface area (Å²) in [5.41, 5.74) is 2.65. The third-order valence-electron chi connectivity index (χ3n) is 6.31. The molecule has 2 heterocycles. The predicted molar refractivity (Wildman–Crippen MR) is 123 cm³/mol. The fourth-order valence-corrected chi connectivity index (χ4v) is 6.28. The molecule has 2 amide bonds. The van der Waals surface area contributed by atoms with Crippen LogP contribution in [0.1, 0.15) is 37.8 Å². The maximum Gasteiger partial charge on any atom is 0.243 e. The Kier molecular flexibility index (Phi) is 6.35. The van der Waals surface area contributed by atoms with Crippen molar-refractivity contribution >= 4 is 27.5 Å². The van der Waals surface area contributed by atoms with Crippen LogP contribution >= 0.6 is 0 Å². The summed E-state index contributed by atoms with van der Waals surface area (Å²) in [5, 5.41) is 2.94. The Balaban J connectivity index is 1.46. The molecular formula is C24H29N3O4S. The average Bonchev–Trinajstić information content (AvgIpc) is 3.13. The molecule has 0 aromatic heterocycles. The molecule has 2 aliphatic heterocycles. The molecule has 4 rings (SSSR count). The van der Waals surface area contributed by atoms with Gasteiger partial charge in [0.1, 0.15) is 0 Å². The van der Waals surface area contributed by atoms with Gasteiger partial charge in [0.15, 0.2) is 0 Å². The van der Waals surface area contributed by atoms with E-state index in [0.29, 0.717) is 32.4 Å². The zero-order chi connectivity index (χ0) is 22.9. The molecular weight excluding hydrogens is 426 g/mol. The van der Waals surface area contributed by atoms with Crippen molar-refractivity contribution in [1.82, 2.24) is 9.62 Å².